The van der Waals surface area contributed by atoms with Crippen molar-refractivity contribution in [3.8, 4) is 6.07 Å². The molecule has 4 rings (SSSR count). The number of aliphatic hydroxyl groups excluding tert-OH is 1. The number of nitrogen functional groups attached to an aromatic ring is 1. The quantitative estimate of drug-likeness (QED) is 0.381. The molecule has 2 heterocycles. The highest BCUT2D eigenvalue weighted by molar-refractivity contribution is 5.87. The lowest BCUT2D eigenvalue weighted by Gasteiger charge is -2.46. The van der Waals surface area contributed by atoms with Crippen LogP contribution in [0.4, 0.5) is 5.82 Å². The van der Waals surface area contributed by atoms with Gasteiger partial charge in [0.25, 0.3) is 0 Å². The van der Waals surface area contributed by atoms with Crippen LogP contribution in [0.2, 0.25) is 0 Å². The molecule has 7 heteroatoms. The summed E-state index contributed by atoms with van der Waals surface area (Å²) < 4.78 is 0. The molecule has 0 radical (unpaired) electrons. The number of anilines is 1. The third-order valence-electron chi connectivity index (χ3n) is 5.53. The van der Waals surface area contributed by atoms with Crippen LogP contribution in [0, 0.1) is 17.2 Å². The number of nitrogens with two attached hydrogens (primary N) is 1. The average molecular weight is 444 g/mol. The maximum atomic E-state index is 12.8. The number of nitrogens with one attached hydrogen (secondary N) is 1. The second kappa shape index (κ2) is 11.2. The lowest BCUT2D eigenvalue weighted by molar-refractivity contribution is -0.174. The molecule has 2 aromatic carbocycles. The van der Waals surface area contributed by atoms with Gasteiger partial charge >= 0.3 is 0 Å². The van der Waals surface area contributed by atoms with Gasteiger partial charge in [0.15, 0.2) is 6.35 Å². The smallest absolute Gasteiger partial charge is 0.233 e. The Morgan fingerprint density at radius 2 is 1.67 bits per heavy atom. The van der Waals surface area contributed by atoms with E-state index in [9.17, 15) is 15.2 Å². The van der Waals surface area contributed by atoms with Crippen LogP contribution < -0.4 is 11.1 Å². The average Bonchev–Trinajstić information content (AvgIpc) is 2.86. The number of likely N-dealkylation sites (tertiary alicyclic amines) is 1. The van der Waals surface area contributed by atoms with Crippen LogP contribution in [-0.2, 0) is 11.2 Å². The van der Waals surface area contributed by atoms with Crippen molar-refractivity contribution in [1.82, 2.24) is 15.2 Å². The number of aromatic nitrogens is 1. The van der Waals surface area contributed by atoms with Gasteiger partial charge in [-0.05, 0) is 35.2 Å². The molecule has 7 nitrogen and oxygen atoms in total. The van der Waals surface area contributed by atoms with E-state index in [1.54, 1.807) is 18.3 Å². The molecule has 2 unspecified atom stereocenters. The van der Waals surface area contributed by atoms with E-state index < -0.39 is 18.3 Å². The summed E-state index contributed by atoms with van der Waals surface area (Å²) in [4.78, 5) is 18.0. The van der Waals surface area contributed by atoms with Gasteiger partial charge in [0, 0.05) is 6.20 Å². The van der Waals surface area contributed by atoms with Gasteiger partial charge in [0.1, 0.15) is 11.9 Å². The van der Waals surface area contributed by atoms with Gasteiger partial charge in [-0.1, -0.05) is 74.5 Å². The Labute approximate surface area is 194 Å². The molecule has 170 valence electrons. The summed E-state index contributed by atoms with van der Waals surface area (Å²) >= 11 is 0. The Morgan fingerprint density at radius 3 is 2.18 bits per heavy atom. The summed E-state index contributed by atoms with van der Waals surface area (Å²) in [6.45, 7) is 4.00. The molecule has 0 saturated carbocycles. The number of rotatable bonds is 7. The van der Waals surface area contributed by atoms with Crippen molar-refractivity contribution in [2.75, 3.05) is 5.73 Å². The van der Waals surface area contributed by atoms with Crippen LogP contribution in [0.15, 0.2) is 79.0 Å². The Bertz CT molecular complexity index is 1050. The number of benzene rings is 2. The Morgan fingerprint density at radius 1 is 1.09 bits per heavy atom. The largest absolute Gasteiger partial charge is 0.384 e. The zero-order valence-corrected chi connectivity index (χ0v) is 18.8. The minimum atomic E-state index is -1.30. The van der Waals surface area contributed by atoms with Gasteiger partial charge in [0.2, 0.25) is 5.91 Å². The summed E-state index contributed by atoms with van der Waals surface area (Å²) in [5.74, 6) is -0.443. The SMILES string of the molecule is CC.N#CC1[C@@H](Cc2ccnc(N)c2)C(=O)N1C(O)NC(c1ccccc1)c1ccccc1. The van der Waals surface area contributed by atoms with Crippen LogP contribution >= 0.6 is 0 Å². The minimum Gasteiger partial charge on any atom is -0.384 e. The highest BCUT2D eigenvalue weighted by Crippen LogP contribution is 2.32. The van der Waals surface area contributed by atoms with E-state index in [4.69, 9.17) is 5.73 Å². The fourth-order valence-corrected chi connectivity index (χ4v) is 3.98. The number of pyridine rings is 1. The third kappa shape index (κ3) is 5.37. The molecular weight excluding hydrogens is 414 g/mol. The molecule has 1 amide bonds. The van der Waals surface area contributed by atoms with E-state index in [1.165, 1.54) is 4.90 Å². The van der Waals surface area contributed by atoms with Gasteiger partial charge in [-0.2, -0.15) is 5.26 Å². The molecule has 1 fully saturated rings. The predicted octanol–water partition coefficient (Wildman–Crippen LogP) is 3.24. The van der Waals surface area contributed by atoms with Crippen molar-refractivity contribution in [3.05, 3.63) is 95.7 Å². The Hall–Kier alpha value is -3.73. The first-order valence-electron chi connectivity index (χ1n) is 11.0. The number of aliphatic hydroxyl groups is 1. The fourth-order valence-electron chi connectivity index (χ4n) is 3.98. The van der Waals surface area contributed by atoms with E-state index in [-0.39, 0.29) is 11.9 Å². The number of carbonyl (C=O) groups excluding carboxylic acids is 1. The van der Waals surface area contributed by atoms with Crippen molar-refractivity contribution >= 4 is 11.7 Å². The zero-order chi connectivity index (χ0) is 23.8. The molecule has 33 heavy (non-hydrogen) atoms. The number of hydrogen-bond donors (Lipinski definition) is 3. The number of carbonyl (C=O) groups is 1. The summed E-state index contributed by atoms with van der Waals surface area (Å²) in [5, 5.41) is 23.7. The number of β-lactam (4-membered cyclic amide) rings is 1. The van der Waals surface area contributed by atoms with E-state index in [0.717, 1.165) is 16.7 Å². The number of nitrogens with zero attached hydrogens (tertiary/aromatic N) is 3. The van der Waals surface area contributed by atoms with Crippen molar-refractivity contribution in [2.45, 2.75) is 38.7 Å². The fraction of sp³-hybridized carbons (Fsp3) is 0.269. The third-order valence-corrected chi connectivity index (χ3v) is 5.53. The molecule has 1 aromatic heterocycles. The van der Waals surface area contributed by atoms with Crippen molar-refractivity contribution in [1.29, 1.82) is 5.26 Å². The highest BCUT2D eigenvalue weighted by atomic mass is 16.3. The monoisotopic (exact) mass is 443 g/mol. The standard InChI is InChI=1S/C24H23N5O2.C2H6/c25-15-20-19(13-16-11-12-27-21(26)14-16)23(30)29(20)24(31)28-22(17-7-3-1-4-8-17)18-9-5-2-6-10-18;1-2/h1-12,14,19-20,22,24,28,31H,13H2,(H2,26,27);1-2H3/t19-,20?,24?;/m1./s1. The first-order chi connectivity index (χ1) is 16.1. The molecule has 1 aliphatic heterocycles. The number of hydrogen-bond acceptors (Lipinski definition) is 6. The summed E-state index contributed by atoms with van der Waals surface area (Å²) in [6.07, 6.45) is 0.642. The molecule has 0 aliphatic carbocycles. The summed E-state index contributed by atoms with van der Waals surface area (Å²) in [5.41, 5.74) is 8.43. The Kier molecular flexibility index (Phi) is 8.14. The second-order valence-electron chi connectivity index (χ2n) is 7.51. The van der Waals surface area contributed by atoms with E-state index >= 15 is 0 Å². The highest BCUT2D eigenvalue weighted by Gasteiger charge is 2.50. The summed E-state index contributed by atoms with van der Waals surface area (Å²) in [7, 11) is 0. The summed E-state index contributed by atoms with van der Waals surface area (Å²) in [6, 6.07) is 23.9. The van der Waals surface area contributed by atoms with Crippen LogP contribution in [0.3, 0.4) is 0 Å². The normalized spacial score (nSPS) is 18.0. The zero-order valence-electron chi connectivity index (χ0n) is 18.8. The van der Waals surface area contributed by atoms with Gasteiger partial charge in [-0.15, -0.1) is 0 Å². The number of amides is 1. The molecule has 0 spiro atoms. The van der Waals surface area contributed by atoms with Gasteiger partial charge in [-0.3, -0.25) is 15.0 Å². The molecule has 4 N–H and O–H groups in total. The first-order valence-corrected chi connectivity index (χ1v) is 11.0. The van der Waals surface area contributed by atoms with Gasteiger partial charge in [0.05, 0.1) is 18.0 Å². The van der Waals surface area contributed by atoms with Crippen LogP contribution in [0.5, 0.6) is 0 Å². The molecular formula is C26H29N5O2. The van der Waals surface area contributed by atoms with E-state index in [2.05, 4.69) is 16.4 Å². The molecule has 0 bridgehead atoms. The molecule has 3 aromatic rings. The molecule has 1 saturated heterocycles. The van der Waals surface area contributed by atoms with Gasteiger partial charge < -0.3 is 10.8 Å². The minimum absolute atomic E-state index is 0.276. The van der Waals surface area contributed by atoms with Crippen molar-refractivity contribution < 1.29 is 9.90 Å². The molecule has 1 aliphatic rings. The predicted molar refractivity (Wildman–Crippen MR) is 127 cm³/mol. The maximum absolute atomic E-state index is 12.8. The Balaban J connectivity index is 0.00000149. The van der Waals surface area contributed by atoms with Crippen LogP contribution in [-0.4, -0.2) is 33.3 Å². The van der Waals surface area contributed by atoms with E-state index in [0.29, 0.717) is 12.2 Å². The van der Waals surface area contributed by atoms with Gasteiger partial charge in [-0.25, -0.2) is 4.98 Å². The van der Waals surface area contributed by atoms with Crippen LogP contribution in [0.1, 0.15) is 36.6 Å². The van der Waals surface area contributed by atoms with E-state index in [1.807, 2.05) is 74.5 Å². The van der Waals surface area contributed by atoms with Crippen molar-refractivity contribution in [2.24, 2.45) is 5.92 Å². The molecule has 3 atom stereocenters. The van der Waals surface area contributed by atoms with Crippen LogP contribution in [0.25, 0.3) is 0 Å². The second-order valence-corrected chi connectivity index (χ2v) is 7.51. The topological polar surface area (TPSA) is 115 Å². The lowest BCUT2D eigenvalue weighted by Crippen LogP contribution is -2.67. The number of nitriles is 1. The van der Waals surface area contributed by atoms with Crippen molar-refractivity contribution in [3.63, 3.8) is 0 Å². The lowest BCUT2D eigenvalue weighted by atomic mass is 9.83. The first kappa shape index (κ1) is 23.9. The maximum Gasteiger partial charge on any atom is 0.233 e.